The second-order valence-electron chi connectivity index (χ2n) is 16.7. The van der Waals surface area contributed by atoms with Crippen LogP contribution < -0.4 is 16.0 Å². The zero-order chi connectivity index (χ0) is 45.4. The number of carbonyl (C=O) groups is 4. The van der Waals surface area contributed by atoms with Gasteiger partial charge in [-0.1, -0.05) is 30.3 Å². The average molecular weight is 867 g/mol. The number of amides is 4. The van der Waals surface area contributed by atoms with Crippen LogP contribution in [0.25, 0.3) is 0 Å². The monoisotopic (exact) mass is 866 g/mol. The zero-order valence-corrected chi connectivity index (χ0v) is 35.1. The van der Waals surface area contributed by atoms with Gasteiger partial charge in [-0.05, 0) is 116 Å². The minimum atomic E-state index is -4.72. The van der Waals surface area contributed by atoms with Crippen LogP contribution >= 0.6 is 0 Å². The number of hydrogen-bond donors (Lipinski definition) is 3. The second-order valence-corrected chi connectivity index (χ2v) is 16.7. The van der Waals surface area contributed by atoms with Gasteiger partial charge >= 0.3 is 24.5 Å². The lowest BCUT2D eigenvalue weighted by atomic mass is 9.84. The molecule has 18 heteroatoms. The van der Waals surface area contributed by atoms with E-state index < -0.39 is 102 Å². The molecule has 1 saturated heterocycles. The Morgan fingerprint density at radius 2 is 1.36 bits per heavy atom. The number of alkyl carbamates (subject to hydrolysis) is 2. The molecule has 5 atom stereocenters. The Morgan fingerprint density at radius 1 is 0.803 bits per heavy atom. The van der Waals surface area contributed by atoms with E-state index in [2.05, 4.69) is 10.6 Å². The highest BCUT2D eigenvalue weighted by Crippen LogP contribution is 2.32. The lowest BCUT2D eigenvalue weighted by molar-refractivity contribution is -0.150. The number of hydrogen-bond acceptors (Lipinski definition) is 8. The minimum Gasteiger partial charge on any atom is -0.447 e. The van der Waals surface area contributed by atoms with Crippen LogP contribution in [-0.2, 0) is 30.2 Å². The van der Waals surface area contributed by atoms with E-state index in [4.69, 9.17) is 18.9 Å². The first-order valence-electron chi connectivity index (χ1n) is 19.5. The smallest absolute Gasteiger partial charge is 0.410 e. The number of ether oxygens (including phenoxy) is 4. The van der Waals surface area contributed by atoms with Crippen LogP contribution in [0.2, 0.25) is 0 Å². The predicted molar refractivity (Wildman–Crippen MR) is 212 cm³/mol. The van der Waals surface area contributed by atoms with Gasteiger partial charge in [0.15, 0.2) is 0 Å². The first-order chi connectivity index (χ1) is 28.3. The van der Waals surface area contributed by atoms with Crippen molar-refractivity contribution in [2.75, 3.05) is 18.5 Å². The van der Waals surface area contributed by atoms with Crippen molar-refractivity contribution < 1.29 is 64.5 Å². The number of nitrogens with zero attached hydrogens (tertiary/aromatic N) is 1. The third-order valence-electron chi connectivity index (χ3n) is 9.43. The van der Waals surface area contributed by atoms with Gasteiger partial charge in [0.2, 0.25) is 5.91 Å². The normalized spacial score (nSPS) is 18.1. The van der Waals surface area contributed by atoms with E-state index in [1.807, 2.05) is 0 Å². The predicted octanol–water partition coefficient (Wildman–Crippen LogP) is 8.77. The lowest BCUT2D eigenvalue weighted by Crippen LogP contribution is -2.59. The van der Waals surface area contributed by atoms with Crippen LogP contribution in [0.1, 0.15) is 84.4 Å². The molecule has 3 N–H and O–H groups in total. The highest BCUT2D eigenvalue weighted by Gasteiger charge is 2.42. The average Bonchev–Trinajstić information content (AvgIpc) is 3.13. The first kappa shape index (κ1) is 48.1. The summed E-state index contributed by atoms with van der Waals surface area (Å²) in [7, 11) is 0. The van der Waals surface area contributed by atoms with Gasteiger partial charge < -0.3 is 34.9 Å². The summed E-state index contributed by atoms with van der Waals surface area (Å²) in [6.07, 6.45) is -9.49. The van der Waals surface area contributed by atoms with Crippen molar-refractivity contribution in [1.82, 2.24) is 15.5 Å². The number of alkyl halides is 3. The van der Waals surface area contributed by atoms with Crippen molar-refractivity contribution in [3.63, 3.8) is 0 Å². The fraction of sp³-hybridized carbons (Fsp3) is 0.488. The van der Waals surface area contributed by atoms with Crippen LogP contribution in [0, 0.1) is 17.5 Å². The summed E-state index contributed by atoms with van der Waals surface area (Å²) in [5.41, 5.74) is -1.12. The quantitative estimate of drug-likeness (QED) is 0.121. The van der Waals surface area contributed by atoms with Crippen molar-refractivity contribution in [1.29, 1.82) is 0 Å². The number of rotatable bonds is 12. The van der Waals surface area contributed by atoms with Crippen LogP contribution in [0.4, 0.5) is 46.4 Å². The molecule has 0 spiro atoms. The summed E-state index contributed by atoms with van der Waals surface area (Å²) in [5.74, 6) is -3.70. The highest BCUT2D eigenvalue weighted by atomic mass is 19.4. The Kier molecular flexibility index (Phi) is 15.7. The second kappa shape index (κ2) is 19.9. The van der Waals surface area contributed by atoms with Crippen LogP contribution in [0.3, 0.4) is 0 Å². The van der Waals surface area contributed by atoms with E-state index in [-0.39, 0.29) is 30.6 Å². The number of carbonyl (C=O) groups excluding carboxylic acids is 4. The Labute approximate surface area is 350 Å². The van der Waals surface area contributed by atoms with Gasteiger partial charge in [0.05, 0.1) is 24.8 Å². The lowest BCUT2D eigenvalue weighted by Gasteiger charge is -2.43. The van der Waals surface area contributed by atoms with Crippen LogP contribution in [0.15, 0.2) is 66.7 Å². The summed E-state index contributed by atoms with van der Waals surface area (Å²) < 4.78 is 105. The Morgan fingerprint density at radius 3 is 1.89 bits per heavy atom. The largest absolute Gasteiger partial charge is 0.447 e. The third-order valence-corrected chi connectivity index (χ3v) is 9.43. The van der Waals surface area contributed by atoms with Gasteiger partial charge in [-0.15, -0.1) is 0 Å². The molecule has 4 amide bonds. The molecule has 1 fully saturated rings. The molecule has 0 aliphatic carbocycles. The van der Waals surface area contributed by atoms with Gasteiger partial charge in [0.25, 0.3) is 0 Å². The topological polar surface area (TPSA) is 145 Å². The highest BCUT2D eigenvalue weighted by molar-refractivity contribution is 5.98. The molecule has 1 heterocycles. The van der Waals surface area contributed by atoms with Gasteiger partial charge in [-0.3, -0.25) is 9.69 Å². The molecule has 3 aromatic rings. The molecular weight excluding hydrogens is 814 g/mol. The summed E-state index contributed by atoms with van der Waals surface area (Å²) in [5, 5.41) is 7.02. The first-order valence-corrected chi connectivity index (χ1v) is 19.5. The van der Waals surface area contributed by atoms with Crippen molar-refractivity contribution >= 4 is 29.9 Å². The summed E-state index contributed by atoms with van der Waals surface area (Å²) in [4.78, 5) is 54.6. The van der Waals surface area contributed by atoms with E-state index in [1.165, 1.54) is 71.6 Å². The summed E-state index contributed by atoms with van der Waals surface area (Å²) in [6, 6.07) is 9.67. The van der Waals surface area contributed by atoms with Gasteiger partial charge in [-0.25, -0.2) is 27.6 Å². The molecule has 12 nitrogen and oxygen atoms in total. The molecular formula is C43H52F6N4O8. The summed E-state index contributed by atoms with van der Waals surface area (Å²) >= 11 is 0. The molecule has 61 heavy (non-hydrogen) atoms. The van der Waals surface area contributed by atoms with Crippen LogP contribution in [-0.4, -0.2) is 90.0 Å². The third kappa shape index (κ3) is 14.3. The van der Waals surface area contributed by atoms with E-state index in [9.17, 15) is 41.1 Å². The molecule has 1 aliphatic rings. The van der Waals surface area contributed by atoms with Crippen molar-refractivity contribution in [3.8, 4) is 0 Å². The maximum Gasteiger partial charge on any atom is 0.410 e. The van der Waals surface area contributed by atoms with E-state index in [1.54, 1.807) is 53.8 Å². The van der Waals surface area contributed by atoms with Gasteiger partial charge in [0, 0.05) is 17.2 Å². The Balaban J connectivity index is 1.60. The molecule has 3 aromatic carbocycles. The van der Waals surface area contributed by atoms with E-state index in [0.717, 1.165) is 6.92 Å². The van der Waals surface area contributed by atoms with Gasteiger partial charge in [-0.2, -0.15) is 13.2 Å². The SMILES string of the molecule is C[C@@H]1O[C@H](CCc2c(F)cccc2NC(=O)C(NC(=O)OC(C)(C)C)C(c2ccc(F)cc2)c2ccc(F)cc2)CN(C(=O)OC(C)(C)C)[C@@H]1COC(=O)N[C@@H](C)C(F)(F)F. The zero-order valence-electron chi connectivity index (χ0n) is 35.1. The van der Waals surface area contributed by atoms with Crippen molar-refractivity contribution in [2.24, 2.45) is 0 Å². The molecule has 0 saturated carbocycles. The standard InChI is InChI=1S/C43H52F6N4O8/c1-24-34(23-58-38(55)50-25(2)43(47,48)49)53(40(57)61-42(6,7)8)22-30(59-24)20-21-31-32(46)10-9-11-33(31)51-37(54)36(52-39(56)60-41(3,4)5)35(26-12-16-28(44)17-13-26)27-14-18-29(45)19-15-27/h9-19,24-25,30,34-36H,20-23H2,1-8H3,(H,50,55)(H,51,54)(H,52,56)/t24-,25-,30+,34+,36?/m0/s1. The molecule has 1 unspecified atom stereocenters. The molecule has 0 aromatic heterocycles. The molecule has 0 bridgehead atoms. The fourth-order valence-electron chi connectivity index (χ4n) is 6.52. The fourth-order valence-corrected chi connectivity index (χ4v) is 6.52. The number of anilines is 1. The van der Waals surface area contributed by atoms with Crippen molar-refractivity contribution in [2.45, 2.75) is 122 Å². The maximum atomic E-state index is 15.7. The van der Waals surface area contributed by atoms with Crippen LogP contribution in [0.5, 0.6) is 0 Å². The van der Waals surface area contributed by atoms with Gasteiger partial charge in [0.1, 0.15) is 47.3 Å². The number of benzene rings is 3. The molecule has 4 rings (SSSR count). The Hall–Kier alpha value is -5.52. The maximum absolute atomic E-state index is 15.7. The van der Waals surface area contributed by atoms with Crippen molar-refractivity contribution in [3.05, 3.63) is 101 Å². The molecule has 334 valence electrons. The minimum absolute atomic E-state index is 0.0242. The number of nitrogens with one attached hydrogen (secondary N) is 3. The van der Waals surface area contributed by atoms with E-state index in [0.29, 0.717) is 11.1 Å². The molecule has 1 aliphatic heterocycles. The summed E-state index contributed by atoms with van der Waals surface area (Å²) in [6.45, 7) is 11.4. The number of halogens is 6. The number of morpholine rings is 1. The molecule has 0 radical (unpaired) electrons. The Bertz CT molecular complexity index is 1940. The van der Waals surface area contributed by atoms with E-state index >= 15 is 4.39 Å².